The molecule has 0 bridgehead atoms. The van der Waals surface area contributed by atoms with Crippen molar-refractivity contribution in [2.45, 2.75) is 13.1 Å². The summed E-state index contributed by atoms with van der Waals surface area (Å²) in [6.07, 6.45) is 0. The van der Waals surface area contributed by atoms with E-state index < -0.39 is 19.7 Å². The summed E-state index contributed by atoms with van der Waals surface area (Å²) < 4.78 is 42.6. The van der Waals surface area contributed by atoms with Crippen LogP contribution in [0.2, 0.25) is 13.1 Å². The number of nitrogens with zero attached hydrogens (tertiary/aromatic N) is 1. The molecule has 37 heavy (non-hydrogen) atoms. The Balaban J connectivity index is 1.66. The Morgan fingerprint density at radius 1 is 0.541 bits per heavy atom. The van der Waals surface area contributed by atoms with Crippen molar-refractivity contribution in [3.8, 4) is 22.3 Å². The third kappa shape index (κ3) is 3.87. The van der Waals surface area contributed by atoms with Crippen molar-refractivity contribution in [2.24, 2.45) is 0 Å². The van der Waals surface area contributed by atoms with Crippen LogP contribution in [0.1, 0.15) is 0 Å². The molecule has 1 heterocycles. The molecule has 6 rings (SSSR count). The number of halogens is 3. The second-order valence-electron chi connectivity index (χ2n) is 9.86. The van der Waals surface area contributed by atoms with Gasteiger partial charge in [-0.2, -0.15) is 0 Å². The average Bonchev–Trinajstić information content (AvgIpc) is 3.13. The average molecular weight is 508 g/mol. The molecule has 1 aliphatic rings. The minimum Gasteiger partial charge on any atom is -0.309 e. The lowest BCUT2D eigenvalue weighted by atomic mass is 9.98. The molecule has 5 heteroatoms. The summed E-state index contributed by atoms with van der Waals surface area (Å²) in [5, 5.41) is 2.70. The van der Waals surface area contributed by atoms with Gasteiger partial charge in [-0.15, -0.1) is 0 Å². The zero-order valence-corrected chi connectivity index (χ0v) is 21.5. The van der Waals surface area contributed by atoms with Gasteiger partial charge in [0, 0.05) is 22.9 Å². The highest BCUT2D eigenvalue weighted by molar-refractivity contribution is 7.04. The molecule has 5 aromatic rings. The number of rotatable bonds is 4. The Morgan fingerprint density at radius 3 is 1.86 bits per heavy atom. The van der Waals surface area contributed by atoms with E-state index in [4.69, 9.17) is 0 Å². The lowest BCUT2D eigenvalue weighted by molar-refractivity contribution is 0.584. The standard InChI is InChI=1S/C32H24F3NSi/c1-37(2)30-12-6-4-9-27(30)32-29(11-7-13-31(32)37)36(25-16-14-22(33)15-17-25)28-10-5-3-8-26(28)21-18-23(34)20-24(35)19-21/h3-20H,1-2H3. The number of benzene rings is 5. The molecule has 0 saturated carbocycles. The predicted molar refractivity (Wildman–Crippen MR) is 149 cm³/mol. The van der Waals surface area contributed by atoms with Crippen LogP contribution in [0.3, 0.4) is 0 Å². The molecule has 5 aromatic carbocycles. The van der Waals surface area contributed by atoms with E-state index in [2.05, 4.69) is 60.5 Å². The topological polar surface area (TPSA) is 3.24 Å². The van der Waals surface area contributed by atoms with Gasteiger partial charge in [-0.3, -0.25) is 0 Å². The van der Waals surface area contributed by atoms with Gasteiger partial charge in [0.1, 0.15) is 25.5 Å². The summed E-state index contributed by atoms with van der Waals surface area (Å²) in [6.45, 7) is 4.71. The summed E-state index contributed by atoms with van der Waals surface area (Å²) in [7, 11) is -1.95. The Kier molecular flexibility index (Phi) is 5.53. The van der Waals surface area contributed by atoms with Gasteiger partial charge in [0.25, 0.3) is 0 Å². The number of para-hydroxylation sites is 1. The summed E-state index contributed by atoms with van der Waals surface area (Å²) in [5.41, 5.74) is 5.90. The number of fused-ring (bicyclic) bond motifs is 3. The fourth-order valence-electron chi connectivity index (χ4n) is 5.54. The number of hydrogen-bond acceptors (Lipinski definition) is 1. The van der Waals surface area contributed by atoms with Crippen molar-refractivity contribution >= 4 is 35.5 Å². The van der Waals surface area contributed by atoms with E-state index >= 15 is 0 Å². The predicted octanol–water partition coefficient (Wildman–Crippen LogP) is 8.04. The number of anilines is 3. The first-order chi connectivity index (χ1) is 17.8. The quantitative estimate of drug-likeness (QED) is 0.223. The Morgan fingerprint density at radius 2 is 1.14 bits per heavy atom. The second kappa shape index (κ2) is 8.78. The Hall–Kier alpha value is -4.09. The molecule has 1 nitrogen and oxygen atoms in total. The zero-order chi connectivity index (χ0) is 25.7. The molecule has 1 aliphatic heterocycles. The molecular formula is C32H24F3NSi. The molecule has 0 fully saturated rings. The van der Waals surface area contributed by atoms with E-state index in [0.29, 0.717) is 11.1 Å². The fraction of sp³-hybridized carbons (Fsp3) is 0.0625. The molecule has 0 unspecified atom stereocenters. The largest absolute Gasteiger partial charge is 0.309 e. The van der Waals surface area contributed by atoms with Crippen molar-refractivity contribution in [3.63, 3.8) is 0 Å². The lowest BCUT2D eigenvalue weighted by Crippen LogP contribution is -2.49. The van der Waals surface area contributed by atoms with Gasteiger partial charge in [-0.1, -0.05) is 67.7 Å². The number of hydrogen-bond donors (Lipinski definition) is 0. The van der Waals surface area contributed by atoms with E-state index in [1.165, 1.54) is 40.2 Å². The first-order valence-electron chi connectivity index (χ1n) is 12.2. The highest BCUT2D eigenvalue weighted by Gasteiger charge is 2.39. The third-order valence-electron chi connectivity index (χ3n) is 7.23. The van der Waals surface area contributed by atoms with Gasteiger partial charge in [-0.25, -0.2) is 13.2 Å². The highest BCUT2D eigenvalue weighted by atomic mass is 28.3. The summed E-state index contributed by atoms with van der Waals surface area (Å²) in [6, 6.07) is 32.3. The molecule has 0 spiro atoms. The van der Waals surface area contributed by atoms with Crippen molar-refractivity contribution in [2.75, 3.05) is 4.90 Å². The van der Waals surface area contributed by atoms with Gasteiger partial charge in [0.15, 0.2) is 0 Å². The SMILES string of the molecule is C[Si]1(C)c2ccccc2-c2c(N(c3ccc(F)cc3)c3ccccc3-c3cc(F)cc(F)c3)cccc21. The maximum Gasteiger partial charge on any atom is 0.126 e. The van der Waals surface area contributed by atoms with Crippen LogP contribution in [0, 0.1) is 17.5 Å². The van der Waals surface area contributed by atoms with Gasteiger partial charge < -0.3 is 4.90 Å². The van der Waals surface area contributed by atoms with E-state index in [1.54, 1.807) is 12.1 Å². The smallest absolute Gasteiger partial charge is 0.126 e. The third-order valence-corrected chi connectivity index (χ3v) is 10.8. The van der Waals surface area contributed by atoms with Crippen LogP contribution in [0.4, 0.5) is 30.2 Å². The van der Waals surface area contributed by atoms with Crippen molar-refractivity contribution in [1.82, 2.24) is 0 Å². The maximum atomic E-state index is 14.3. The van der Waals surface area contributed by atoms with Gasteiger partial charge >= 0.3 is 0 Å². The maximum absolute atomic E-state index is 14.3. The molecule has 0 atom stereocenters. The van der Waals surface area contributed by atoms with E-state index in [-0.39, 0.29) is 5.82 Å². The first kappa shape index (κ1) is 23.3. The van der Waals surface area contributed by atoms with Crippen LogP contribution < -0.4 is 15.3 Å². The normalized spacial score (nSPS) is 13.2. The molecule has 0 N–H and O–H groups in total. The molecular weight excluding hydrogens is 483 g/mol. The minimum atomic E-state index is -1.95. The lowest BCUT2D eigenvalue weighted by Gasteiger charge is -2.30. The highest BCUT2D eigenvalue weighted by Crippen LogP contribution is 2.45. The van der Waals surface area contributed by atoms with E-state index in [1.807, 2.05) is 24.3 Å². The molecule has 0 aromatic heterocycles. The summed E-state index contributed by atoms with van der Waals surface area (Å²) >= 11 is 0. The van der Waals surface area contributed by atoms with Gasteiger partial charge in [-0.05, 0) is 70.0 Å². The van der Waals surface area contributed by atoms with E-state index in [9.17, 15) is 13.2 Å². The molecule has 182 valence electrons. The van der Waals surface area contributed by atoms with Crippen LogP contribution in [0.15, 0.2) is 109 Å². The van der Waals surface area contributed by atoms with Crippen LogP contribution in [-0.2, 0) is 0 Å². The molecule has 0 radical (unpaired) electrons. The van der Waals surface area contributed by atoms with Crippen LogP contribution in [0.25, 0.3) is 22.3 Å². The summed E-state index contributed by atoms with van der Waals surface area (Å²) in [4.78, 5) is 2.07. The Labute approximate surface area is 215 Å². The molecule has 0 aliphatic carbocycles. The first-order valence-corrected chi connectivity index (χ1v) is 15.2. The zero-order valence-electron chi connectivity index (χ0n) is 20.5. The molecule has 0 saturated heterocycles. The monoisotopic (exact) mass is 507 g/mol. The minimum absolute atomic E-state index is 0.332. The van der Waals surface area contributed by atoms with Crippen LogP contribution >= 0.6 is 0 Å². The second-order valence-corrected chi connectivity index (χ2v) is 14.2. The summed E-state index contributed by atoms with van der Waals surface area (Å²) in [5.74, 6) is -1.61. The van der Waals surface area contributed by atoms with Gasteiger partial charge in [0.05, 0.1) is 11.4 Å². The van der Waals surface area contributed by atoms with Crippen LogP contribution in [0.5, 0.6) is 0 Å². The van der Waals surface area contributed by atoms with Crippen molar-refractivity contribution in [1.29, 1.82) is 0 Å². The molecule has 0 amide bonds. The van der Waals surface area contributed by atoms with Crippen molar-refractivity contribution < 1.29 is 13.2 Å². The Bertz CT molecular complexity index is 1620. The van der Waals surface area contributed by atoms with Gasteiger partial charge in [0.2, 0.25) is 0 Å². The fourth-order valence-corrected chi connectivity index (χ4v) is 8.63. The van der Waals surface area contributed by atoms with E-state index in [0.717, 1.165) is 28.7 Å². The van der Waals surface area contributed by atoms with Crippen LogP contribution in [-0.4, -0.2) is 8.07 Å². The van der Waals surface area contributed by atoms with Crippen molar-refractivity contribution in [3.05, 3.63) is 127 Å².